The van der Waals surface area contributed by atoms with Gasteiger partial charge in [-0.05, 0) is 38.7 Å². The molecule has 2 N–H and O–H groups in total. The van der Waals surface area contributed by atoms with Crippen LogP contribution in [0.5, 0.6) is 0 Å². The SMILES string of the molecule is Cc1cc(C(=O)C2CCC(N)CC2)cs1. The van der Waals surface area contributed by atoms with Gasteiger partial charge < -0.3 is 5.73 Å². The molecular formula is C12H17NOS. The highest BCUT2D eigenvalue weighted by Gasteiger charge is 2.25. The fourth-order valence-corrected chi connectivity index (χ4v) is 2.88. The van der Waals surface area contributed by atoms with Crippen LogP contribution in [0.25, 0.3) is 0 Å². The molecule has 1 aliphatic rings. The second-order valence-electron chi connectivity index (χ2n) is 4.42. The molecule has 0 bridgehead atoms. The van der Waals surface area contributed by atoms with Gasteiger partial charge in [-0.3, -0.25) is 4.79 Å². The van der Waals surface area contributed by atoms with Crippen LogP contribution in [0.4, 0.5) is 0 Å². The van der Waals surface area contributed by atoms with Crippen LogP contribution in [0.3, 0.4) is 0 Å². The molecule has 1 aromatic rings. The summed E-state index contributed by atoms with van der Waals surface area (Å²) in [6, 6.07) is 2.32. The van der Waals surface area contributed by atoms with Crippen molar-refractivity contribution in [2.45, 2.75) is 38.6 Å². The van der Waals surface area contributed by atoms with E-state index in [1.807, 2.05) is 18.4 Å². The van der Waals surface area contributed by atoms with Gasteiger partial charge in [0.15, 0.2) is 5.78 Å². The third kappa shape index (κ3) is 2.47. The highest BCUT2D eigenvalue weighted by atomic mass is 32.1. The molecule has 0 spiro atoms. The fraction of sp³-hybridized carbons (Fsp3) is 0.583. The molecule has 1 heterocycles. The molecular weight excluding hydrogens is 206 g/mol. The zero-order valence-electron chi connectivity index (χ0n) is 9.03. The van der Waals surface area contributed by atoms with Crippen LogP contribution in [-0.4, -0.2) is 11.8 Å². The Labute approximate surface area is 94.5 Å². The highest BCUT2D eigenvalue weighted by molar-refractivity contribution is 7.10. The second kappa shape index (κ2) is 4.45. The van der Waals surface area contributed by atoms with E-state index in [1.54, 1.807) is 11.3 Å². The van der Waals surface area contributed by atoms with Crippen LogP contribution < -0.4 is 5.73 Å². The van der Waals surface area contributed by atoms with E-state index in [-0.39, 0.29) is 5.92 Å². The average molecular weight is 223 g/mol. The Morgan fingerprint density at radius 2 is 2.07 bits per heavy atom. The molecule has 2 rings (SSSR count). The minimum absolute atomic E-state index is 0.221. The first-order chi connectivity index (χ1) is 7.16. The van der Waals surface area contributed by atoms with Crippen LogP contribution in [0.2, 0.25) is 0 Å². The van der Waals surface area contributed by atoms with E-state index in [1.165, 1.54) is 4.88 Å². The molecule has 0 aliphatic heterocycles. The van der Waals surface area contributed by atoms with Gasteiger partial charge in [-0.1, -0.05) is 0 Å². The maximum absolute atomic E-state index is 12.1. The number of hydrogen-bond acceptors (Lipinski definition) is 3. The summed E-state index contributed by atoms with van der Waals surface area (Å²) in [6.07, 6.45) is 3.93. The molecule has 1 fully saturated rings. The molecule has 1 aliphatic carbocycles. The Morgan fingerprint density at radius 1 is 1.40 bits per heavy atom. The van der Waals surface area contributed by atoms with E-state index in [0.717, 1.165) is 31.2 Å². The molecule has 0 atom stereocenters. The largest absolute Gasteiger partial charge is 0.328 e. The minimum Gasteiger partial charge on any atom is -0.328 e. The summed E-state index contributed by atoms with van der Waals surface area (Å²) in [5.74, 6) is 0.546. The van der Waals surface area contributed by atoms with Crippen molar-refractivity contribution in [1.29, 1.82) is 0 Å². The van der Waals surface area contributed by atoms with Crippen molar-refractivity contribution < 1.29 is 4.79 Å². The third-order valence-corrected chi connectivity index (χ3v) is 4.02. The number of carbonyl (C=O) groups excluding carboxylic acids is 1. The summed E-state index contributed by atoms with van der Waals surface area (Å²) >= 11 is 1.65. The molecule has 82 valence electrons. The lowest BCUT2D eigenvalue weighted by molar-refractivity contribution is 0.0885. The normalized spacial score (nSPS) is 26.5. The van der Waals surface area contributed by atoms with Gasteiger partial charge >= 0.3 is 0 Å². The number of Topliss-reactive ketones (excluding diaryl/α,β-unsaturated/α-hetero) is 1. The van der Waals surface area contributed by atoms with E-state index in [9.17, 15) is 4.79 Å². The van der Waals surface area contributed by atoms with Crippen molar-refractivity contribution in [3.05, 3.63) is 21.9 Å². The van der Waals surface area contributed by atoms with Crippen molar-refractivity contribution in [1.82, 2.24) is 0 Å². The first-order valence-electron chi connectivity index (χ1n) is 5.51. The van der Waals surface area contributed by atoms with Crippen molar-refractivity contribution in [2.75, 3.05) is 0 Å². The van der Waals surface area contributed by atoms with E-state index >= 15 is 0 Å². The van der Waals surface area contributed by atoms with Crippen molar-refractivity contribution in [3.63, 3.8) is 0 Å². The third-order valence-electron chi connectivity index (χ3n) is 3.16. The topological polar surface area (TPSA) is 43.1 Å². The molecule has 15 heavy (non-hydrogen) atoms. The van der Waals surface area contributed by atoms with Gasteiger partial charge in [0, 0.05) is 27.8 Å². The molecule has 0 amide bonds. The van der Waals surface area contributed by atoms with Crippen molar-refractivity contribution >= 4 is 17.1 Å². The molecule has 2 nitrogen and oxygen atoms in total. The fourth-order valence-electron chi connectivity index (χ4n) is 2.19. The maximum Gasteiger partial charge on any atom is 0.166 e. The maximum atomic E-state index is 12.1. The van der Waals surface area contributed by atoms with Gasteiger partial charge in [-0.15, -0.1) is 11.3 Å². The zero-order chi connectivity index (χ0) is 10.8. The van der Waals surface area contributed by atoms with Gasteiger partial charge in [0.1, 0.15) is 0 Å². The van der Waals surface area contributed by atoms with E-state index in [2.05, 4.69) is 0 Å². The van der Waals surface area contributed by atoms with Crippen LogP contribution in [-0.2, 0) is 0 Å². The molecule has 1 aromatic heterocycles. The number of rotatable bonds is 2. The standard InChI is InChI=1S/C12H17NOS/c1-8-6-10(7-15-8)12(14)9-2-4-11(13)5-3-9/h6-7,9,11H,2-5,13H2,1H3. The Bertz CT molecular complexity index is 350. The summed E-state index contributed by atoms with van der Waals surface area (Å²) in [5, 5.41) is 1.98. The van der Waals surface area contributed by atoms with Crippen molar-refractivity contribution in [2.24, 2.45) is 11.7 Å². The van der Waals surface area contributed by atoms with E-state index in [4.69, 9.17) is 5.73 Å². The predicted molar refractivity (Wildman–Crippen MR) is 63.3 cm³/mol. The summed E-state index contributed by atoms with van der Waals surface area (Å²) in [7, 11) is 0. The highest BCUT2D eigenvalue weighted by Crippen LogP contribution is 2.27. The first-order valence-corrected chi connectivity index (χ1v) is 6.39. The van der Waals surface area contributed by atoms with Crippen LogP contribution in [0, 0.1) is 12.8 Å². The molecule has 1 saturated carbocycles. The number of nitrogens with two attached hydrogens (primary N) is 1. The van der Waals surface area contributed by atoms with Gasteiger partial charge in [0.05, 0.1) is 0 Å². The Morgan fingerprint density at radius 3 is 2.60 bits per heavy atom. The number of thiophene rings is 1. The number of hydrogen-bond donors (Lipinski definition) is 1. The summed E-state index contributed by atoms with van der Waals surface area (Å²) in [6.45, 7) is 2.04. The number of ketones is 1. The molecule has 3 heteroatoms. The Balaban J connectivity index is 2.02. The quantitative estimate of drug-likeness (QED) is 0.783. The number of aryl methyl sites for hydroxylation is 1. The van der Waals surface area contributed by atoms with Gasteiger partial charge in [0.2, 0.25) is 0 Å². The second-order valence-corrected chi connectivity index (χ2v) is 5.54. The van der Waals surface area contributed by atoms with Gasteiger partial charge in [-0.25, -0.2) is 0 Å². The van der Waals surface area contributed by atoms with E-state index < -0.39 is 0 Å². The lowest BCUT2D eigenvalue weighted by atomic mass is 9.82. The lowest BCUT2D eigenvalue weighted by Crippen LogP contribution is -2.29. The lowest BCUT2D eigenvalue weighted by Gasteiger charge is -2.24. The van der Waals surface area contributed by atoms with Crippen LogP contribution in [0.1, 0.15) is 40.9 Å². The van der Waals surface area contributed by atoms with Crippen LogP contribution in [0.15, 0.2) is 11.4 Å². The van der Waals surface area contributed by atoms with Gasteiger partial charge in [-0.2, -0.15) is 0 Å². The average Bonchev–Trinajstić information content (AvgIpc) is 2.65. The summed E-state index contributed by atoms with van der Waals surface area (Å²) < 4.78 is 0. The monoisotopic (exact) mass is 223 g/mol. The zero-order valence-corrected chi connectivity index (χ0v) is 9.85. The molecule has 0 aromatic carbocycles. The molecule has 0 radical (unpaired) electrons. The van der Waals surface area contributed by atoms with Crippen LogP contribution >= 0.6 is 11.3 Å². The van der Waals surface area contributed by atoms with E-state index in [0.29, 0.717) is 11.8 Å². The van der Waals surface area contributed by atoms with Gasteiger partial charge in [0.25, 0.3) is 0 Å². The Kier molecular flexibility index (Phi) is 3.22. The first kappa shape index (κ1) is 10.8. The predicted octanol–water partition coefficient (Wildman–Crippen LogP) is 2.76. The van der Waals surface area contributed by atoms with Crippen molar-refractivity contribution in [3.8, 4) is 0 Å². The molecule has 0 saturated heterocycles. The summed E-state index contributed by atoms with van der Waals surface area (Å²) in [4.78, 5) is 13.3. The Hall–Kier alpha value is -0.670. The smallest absolute Gasteiger partial charge is 0.166 e. The minimum atomic E-state index is 0.221. The molecule has 0 unspecified atom stereocenters. The number of carbonyl (C=O) groups is 1. The summed E-state index contributed by atoms with van der Waals surface area (Å²) in [5.41, 5.74) is 6.73.